The molecule has 0 bridgehead atoms. The maximum Gasteiger partial charge on any atom is 0.226 e. The van der Waals surface area contributed by atoms with E-state index in [1.807, 2.05) is 32.0 Å². The van der Waals surface area contributed by atoms with E-state index in [2.05, 4.69) is 25.3 Å². The Hall–Kier alpha value is -3.61. The van der Waals surface area contributed by atoms with Gasteiger partial charge in [-0.05, 0) is 49.2 Å². The van der Waals surface area contributed by atoms with Crippen LogP contribution in [0.25, 0.3) is 11.0 Å². The molecule has 0 atom stereocenters. The van der Waals surface area contributed by atoms with Crippen molar-refractivity contribution in [3.63, 3.8) is 0 Å². The lowest BCUT2D eigenvalue weighted by Gasteiger charge is -2.08. The van der Waals surface area contributed by atoms with E-state index in [0.717, 1.165) is 17.7 Å². The fourth-order valence-corrected chi connectivity index (χ4v) is 2.97. The molecule has 4 rings (SSSR count). The Morgan fingerprint density at radius 1 is 1.14 bits per heavy atom. The Morgan fingerprint density at radius 2 is 2.00 bits per heavy atom. The highest BCUT2D eigenvalue weighted by molar-refractivity contribution is 6.16. The summed E-state index contributed by atoms with van der Waals surface area (Å²) in [6, 6.07) is 8.60. The molecule has 4 heterocycles. The molecule has 0 radical (unpaired) electrons. The zero-order chi connectivity index (χ0) is 19.7. The molecular formula is C21H18FN5O. The van der Waals surface area contributed by atoms with Gasteiger partial charge in [0.1, 0.15) is 11.5 Å². The maximum absolute atomic E-state index is 14.6. The minimum atomic E-state index is -0.830. The number of carbonyl (C=O) groups is 1. The van der Waals surface area contributed by atoms with Crippen LogP contribution < -0.4 is 5.32 Å². The van der Waals surface area contributed by atoms with E-state index in [1.54, 1.807) is 24.7 Å². The van der Waals surface area contributed by atoms with Crippen molar-refractivity contribution in [1.29, 1.82) is 0 Å². The number of fused-ring (bicyclic) bond motifs is 1. The third-order valence-corrected chi connectivity index (χ3v) is 4.47. The summed E-state index contributed by atoms with van der Waals surface area (Å²) in [6.07, 6.45) is 5.76. The first-order valence-electron chi connectivity index (χ1n) is 8.92. The number of aryl methyl sites for hydroxylation is 2. The van der Waals surface area contributed by atoms with Crippen molar-refractivity contribution in [3.8, 4) is 0 Å². The van der Waals surface area contributed by atoms with E-state index in [-0.39, 0.29) is 5.56 Å². The Bertz CT molecular complexity index is 1170. The lowest BCUT2D eigenvalue weighted by atomic mass is 10.0. The molecule has 0 unspecified atom stereocenters. The Balaban J connectivity index is 1.61. The third-order valence-electron chi connectivity index (χ3n) is 4.47. The minimum Gasteiger partial charge on any atom is -0.345 e. The number of carbonyl (C=O) groups excluding carboxylic acids is 1. The van der Waals surface area contributed by atoms with Gasteiger partial charge in [0.15, 0.2) is 5.78 Å². The lowest BCUT2D eigenvalue weighted by molar-refractivity contribution is 0.103. The number of hydrogen-bond acceptors (Lipinski definition) is 5. The van der Waals surface area contributed by atoms with Gasteiger partial charge in [0.25, 0.3) is 0 Å². The highest BCUT2D eigenvalue weighted by atomic mass is 19.1. The van der Waals surface area contributed by atoms with Gasteiger partial charge in [-0.15, -0.1) is 0 Å². The predicted molar refractivity (Wildman–Crippen MR) is 105 cm³/mol. The van der Waals surface area contributed by atoms with Crippen LogP contribution in [0.5, 0.6) is 0 Å². The van der Waals surface area contributed by atoms with Gasteiger partial charge >= 0.3 is 0 Å². The topological polar surface area (TPSA) is 83.6 Å². The summed E-state index contributed by atoms with van der Waals surface area (Å²) in [5.41, 5.74) is 3.44. The first-order chi connectivity index (χ1) is 13.5. The number of nitrogens with zero attached hydrogens (tertiary/aromatic N) is 3. The number of aromatic amines is 1. The standard InChI is InChI=1S/C21H18FN5O/c1-3-13-4-5-14(10-23-13)26-18-7-6-15(20(22)27-18)19(28)17-11-25-21-16(17)8-12(2)9-24-21/h4-11H,3H2,1-2H3,(H,24,25)(H,26,27). The molecule has 0 aliphatic rings. The summed E-state index contributed by atoms with van der Waals surface area (Å²) >= 11 is 0. The van der Waals surface area contributed by atoms with Crippen molar-refractivity contribution in [3.05, 3.63) is 77.3 Å². The zero-order valence-corrected chi connectivity index (χ0v) is 15.5. The Morgan fingerprint density at radius 3 is 2.71 bits per heavy atom. The Kier molecular flexibility index (Phi) is 4.57. The van der Waals surface area contributed by atoms with E-state index < -0.39 is 11.7 Å². The molecule has 0 spiro atoms. The average molecular weight is 375 g/mol. The van der Waals surface area contributed by atoms with E-state index in [1.165, 1.54) is 6.07 Å². The fraction of sp³-hybridized carbons (Fsp3) is 0.143. The summed E-state index contributed by atoms with van der Waals surface area (Å²) < 4.78 is 14.6. The SMILES string of the molecule is CCc1ccc(Nc2ccc(C(=O)c3c[nH]c4ncc(C)cc34)c(F)n2)cn1. The highest BCUT2D eigenvalue weighted by Crippen LogP contribution is 2.23. The number of halogens is 1. The lowest BCUT2D eigenvalue weighted by Crippen LogP contribution is -2.07. The number of rotatable bonds is 5. The molecule has 140 valence electrons. The molecule has 28 heavy (non-hydrogen) atoms. The number of aromatic nitrogens is 4. The summed E-state index contributed by atoms with van der Waals surface area (Å²) in [4.78, 5) is 28.2. The normalized spacial score (nSPS) is 11.0. The van der Waals surface area contributed by atoms with Gasteiger partial charge in [0.2, 0.25) is 5.95 Å². The van der Waals surface area contributed by atoms with Crippen LogP contribution in [0.1, 0.15) is 34.1 Å². The van der Waals surface area contributed by atoms with Crippen LogP contribution in [-0.4, -0.2) is 25.7 Å². The quantitative estimate of drug-likeness (QED) is 0.400. The Labute approximate surface area is 160 Å². The van der Waals surface area contributed by atoms with Crippen LogP contribution >= 0.6 is 0 Å². The summed E-state index contributed by atoms with van der Waals surface area (Å²) in [5.74, 6) is -0.969. The van der Waals surface area contributed by atoms with Crippen LogP contribution in [0.3, 0.4) is 0 Å². The number of ketones is 1. The van der Waals surface area contributed by atoms with Crippen LogP contribution in [0.4, 0.5) is 15.9 Å². The van der Waals surface area contributed by atoms with Crippen molar-refractivity contribution in [2.45, 2.75) is 20.3 Å². The molecular weight excluding hydrogens is 357 g/mol. The van der Waals surface area contributed by atoms with Crippen LogP contribution in [0.15, 0.2) is 48.9 Å². The monoisotopic (exact) mass is 375 g/mol. The van der Waals surface area contributed by atoms with E-state index in [9.17, 15) is 9.18 Å². The number of anilines is 2. The summed E-state index contributed by atoms with van der Waals surface area (Å²) in [5, 5.41) is 3.65. The molecule has 4 aromatic rings. The molecule has 0 aliphatic carbocycles. The molecule has 0 saturated heterocycles. The average Bonchev–Trinajstić information content (AvgIpc) is 3.11. The first-order valence-corrected chi connectivity index (χ1v) is 8.92. The van der Waals surface area contributed by atoms with Gasteiger partial charge in [-0.1, -0.05) is 6.92 Å². The molecule has 0 amide bonds. The molecule has 0 fully saturated rings. The van der Waals surface area contributed by atoms with Crippen molar-refractivity contribution in [2.24, 2.45) is 0 Å². The zero-order valence-electron chi connectivity index (χ0n) is 15.5. The summed E-state index contributed by atoms with van der Waals surface area (Å²) in [7, 11) is 0. The van der Waals surface area contributed by atoms with Gasteiger partial charge in [0.05, 0.1) is 17.4 Å². The predicted octanol–water partition coefficient (Wildman–Crippen LogP) is 4.34. The van der Waals surface area contributed by atoms with Crippen molar-refractivity contribution < 1.29 is 9.18 Å². The maximum atomic E-state index is 14.6. The fourth-order valence-electron chi connectivity index (χ4n) is 2.97. The largest absolute Gasteiger partial charge is 0.345 e. The molecule has 4 aromatic heterocycles. The van der Waals surface area contributed by atoms with Crippen molar-refractivity contribution in [1.82, 2.24) is 19.9 Å². The number of H-pyrrole nitrogens is 1. The van der Waals surface area contributed by atoms with Gasteiger partial charge < -0.3 is 10.3 Å². The van der Waals surface area contributed by atoms with Crippen LogP contribution in [-0.2, 0) is 6.42 Å². The highest BCUT2D eigenvalue weighted by Gasteiger charge is 2.19. The van der Waals surface area contributed by atoms with E-state index in [4.69, 9.17) is 0 Å². The molecule has 0 saturated carbocycles. The molecule has 0 aromatic carbocycles. The summed E-state index contributed by atoms with van der Waals surface area (Å²) in [6.45, 7) is 3.91. The number of nitrogens with one attached hydrogen (secondary N) is 2. The van der Waals surface area contributed by atoms with Crippen LogP contribution in [0, 0.1) is 12.9 Å². The van der Waals surface area contributed by atoms with Gasteiger partial charge in [-0.3, -0.25) is 9.78 Å². The van der Waals surface area contributed by atoms with Crippen molar-refractivity contribution in [2.75, 3.05) is 5.32 Å². The van der Waals surface area contributed by atoms with Gasteiger partial charge in [0, 0.05) is 29.0 Å². The molecule has 6 nitrogen and oxygen atoms in total. The van der Waals surface area contributed by atoms with Crippen molar-refractivity contribution >= 4 is 28.3 Å². The van der Waals surface area contributed by atoms with Gasteiger partial charge in [-0.25, -0.2) is 9.97 Å². The smallest absolute Gasteiger partial charge is 0.226 e. The second-order valence-electron chi connectivity index (χ2n) is 6.49. The second kappa shape index (κ2) is 7.19. The first kappa shape index (κ1) is 17.8. The molecule has 2 N–H and O–H groups in total. The molecule has 7 heteroatoms. The number of hydrogen-bond donors (Lipinski definition) is 2. The molecule has 0 aliphatic heterocycles. The number of pyridine rings is 3. The second-order valence-corrected chi connectivity index (χ2v) is 6.49. The minimum absolute atomic E-state index is 0.0904. The van der Waals surface area contributed by atoms with E-state index in [0.29, 0.717) is 28.1 Å². The van der Waals surface area contributed by atoms with Crippen LogP contribution in [0.2, 0.25) is 0 Å². The van der Waals surface area contributed by atoms with E-state index >= 15 is 0 Å². The third kappa shape index (κ3) is 3.34. The van der Waals surface area contributed by atoms with Gasteiger partial charge in [-0.2, -0.15) is 4.39 Å².